The number of benzene rings is 1. The Morgan fingerprint density at radius 1 is 1.25 bits per heavy atom. The highest BCUT2D eigenvalue weighted by molar-refractivity contribution is 5.82. The van der Waals surface area contributed by atoms with Gasteiger partial charge in [-0.3, -0.25) is 4.98 Å². The van der Waals surface area contributed by atoms with E-state index in [-0.39, 0.29) is 6.61 Å². The van der Waals surface area contributed by atoms with Crippen LogP contribution >= 0.6 is 0 Å². The Bertz CT molecular complexity index is 566. The molecular weight excluding hydrogens is 248 g/mol. The van der Waals surface area contributed by atoms with E-state index in [9.17, 15) is 0 Å². The van der Waals surface area contributed by atoms with Crippen LogP contribution in [-0.2, 0) is 6.54 Å². The summed E-state index contributed by atoms with van der Waals surface area (Å²) in [6.07, 6.45) is 0.791. The van der Waals surface area contributed by atoms with E-state index in [4.69, 9.17) is 5.11 Å². The van der Waals surface area contributed by atoms with Crippen LogP contribution in [0.5, 0.6) is 0 Å². The highest BCUT2D eigenvalue weighted by Crippen LogP contribution is 2.18. The Hall–Kier alpha value is -1.45. The van der Waals surface area contributed by atoms with E-state index >= 15 is 0 Å². The monoisotopic (exact) mass is 272 g/mol. The maximum atomic E-state index is 9.15. The molecule has 0 aliphatic rings. The largest absolute Gasteiger partial charge is 0.396 e. The highest BCUT2D eigenvalue weighted by atomic mass is 16.3. The van der Waals surface area contributed by atoms with E-state index in [1.165, 1.54) is 10.9 Å². The molecule has 0 aliphatic heterocycles. The number of para-hydroxylation sites is 1. The summed E-state index contributed by atoms with van der Waals surface area (Å²) in [6.45, 7) is 7.44. The zero-order valence-corrected chi connectivity index (χ0v) is 12.6. The lowest BCUT2D eigenvalue weighted by atomic mass is 10.0. The maximum absolute atomic E-state index is 9.15. The third-order valence-corrected chi connectivity index (χ3v) is 3.73. The van der Waals surface area contributed by atoms with Crippen molar-refractivity contribution in [2.75, 3.05) is 6.61 Å². The van der Waals surface area contributed by atoms with Crippen molar-refractivity contribution in [3.8, 4) is 0 Å². The summed E-state index contributed by atoms with van der Waals surface area (Å²) in [7, 11) is 0. The molecule has 0 radical (unpaired) electrons. The first-order valence-electron chi connectivity index (χ1n) is 7.31. The summed E-state index contributed by atoms with van der Waals surface area (Å²) >= 11 is 0. The normalized spacial score (nSPS) is 13.1. The van der Waals surface area contributed by atoms with E-state index in [0.29, 0.717) is 12.0 Å². The number of nitrogens with zero attached hydrogens (tertiary/aromatic N) is 1. The average molecular weight is 272 g/mol. The molecule has 1 atom stereocenters. The van der Waals surface area contributed by atoms with Gasteiger partial charge in [0.25, 0.3) is 0 Å². The van der Waals surface area contributed by atoms with Crippen LogP contribution in [-0.4, -0.2) is 22.7 Å². The number of aryl methyl sites for hydroxylation is 1. The van der Waals surface area contributed by atoms with Crippen molar-refractivity contribution in [1.29, 1.82) is 0 Å². The van der Waals surface area contributed by atoms with Gasteiger partial charge in [0, 0.05) is 30.3 Å². The zero-order valence-electron chi connectivity index (χ0n) is 12.6. The Kier molecular flexibility index (Phi) is 5.10. The summed E-state index contributed by atoms with van der Waals surface area (Å²) in [5.41, 5.74) is 3.37. The number of aliphatic hydroxyl groups excluding tert-OH is 1. The van der Waals surface area contributed by atoms with Gasteiger partial charge in [0.2, 0.25) is 0 Å². The van der Waals surface area contributed by atoms with Crippen LogP contribution in [0.25, 0.3) is 10.9 Å². The van der Waals surface area contributed by atoms with E-state index in [1.807, 2.05) is 13.0 Å². The van der Waals surface area contributed by atoms with Crippen LogP contribution in [0, 0.1) is 12.8 Å². The molecule has 0 saturated carbocycles. The fourth-order valence-corrected chi connectivity index (χ4v) is 2.59. The van der Waals surface area contributed by atoms with Crippen molar-refractivity contribution >= 4 is 10.9 Å². The van der Waals surface area contributed by atoms with E-state index in [1.54, 1.807) is 0 Å². The van der Waals surface area contributed by atoms with Crippen molar-refractivity contribution in [2.45, 2.75) is 39.8 Å². The number of hydrogen-bond donors (Lipinski definition) is 2. The molecular formula is C17H24N2O. The van der Waals surface area contributed by atoms with Gasteiger partial charge in [-0.15, -0.1) is 0 Å². The lowest BCUT2D eigenvalue weighted by Gasteiger charge is -2.22. The lowest BCUT2D eigenvalue weighted by molar-refractivity contribution is 0.244. The fraction of sp³-hybridized carbons (Fsp3) is 0.471. The number of aromatic nitrogens is 1. The van der Waals surface area contributed by atoms with Crippen LogP contribution in [0.4, 0.5) is 0 Å². The summed E-state index contributed by atoms with van der Waals surface area (Å²) in [5.74, 6) is 0.511. The molecule has 1 aromatic heterocycles. The van der Waals surface area contributed by atoms with Crippen LogP contribution in [0.3, 0.4) is 0 Å². The molecule has 0 fully saturated rings. The second-order valence-corrected chi connectivity index (χ2v) is 5.68. The van der Waals surface area contributed by atoms with Gasteiger partial charge in [-0.2, -0.15) is 0 Å². The van der Waals surface area contributed by atoms with Crippen molar-refractivity contribution in [1.82, 2.24) is 10.3 Å². The number of nitrogens with one attached hydrogen (secondary N) is 1. The van der Waals surface area contributed by atoms with Crippen LogP contribution in [0.1, 0.15) is 31.5 Å². The molecule has 2 aromatic rings. The summed E-state index contributed by atoms with van der Waals surface area (Å²) in [6, 6.07) is 10.7. The molecule has 0 bridgehead atoms. The Morgan fingerprint density at radius 3 is 2.70 bits per heavy atom. The molecule has 0 aliphatic carbocycles. The number of pyridine rings is 1. The minimum Gasteiger partial charge on any atom is -0.396 e. The predicted molar refractivity (Wildman–Crippen MR) is 83.6 cm³/mol. The van der Waals surface area contributed by atoms with Crippen molar-refractivity contribution in [3.63, 3.8) is 0 Å². The second kappa shape index (κ2) is 6.82. The van der Waals surface area contributed by atoms with Crippen LogP contribution in [0.2, 0.25) is 0 Å². The molecule has 0 amide bonds. The average Bonchev–Trinajstić information content (AvgIpc) is 2.42. The minimum atomic E-state index is 0.228. The molecule has 0 spiro atoms. The van der Waals surface area contributed by atoms with Crippen molar-refractivity contribution < 1.29 is 5.11 Å². The molecule has 3 nitrogen and oxygen atoms in total. The van der Waals surface area contributed by atoms with Gasteiger partial charge in [0.05, 0.1) is 5.52 Å². The summed E-state index contributed by atoms with van der Waals surface area (Å²) in [4.78, 5) is 4.57. The third-order valence-electron chi connectivity index (χ3n) is 3.73. The molecule has 20 heavy (non-hydrogen) atoms. The number of hydrogen-bond acceptors (Lipinski definition) is 3. The zero-order chi connectivity index (χ0) is 14.5. The van der Waals surface area contributed by atoms with E-state index in [2.05, 4.69) is 48.4 Å². The highest BCUT2D eigenvalue weighted by Gasteiger charge is 2.13. The Labute approximate surface area is 121 Å². The molecule has 1 aromatic carbocycles. The Morgan fingerprint density at radius 2 is 2.00 bits per heavy atom. The van der Waals surface area contributed by atoms with E-state index in [0.717, 1.165) is 24.2 Å². The van der Waals surface area contributed by atoms with Crippen molar-refractivity contribution in [2.24, 2.45) is 5.92 Å². The molecule has 1 unspecified atom stereocenters. The van der Waals surface area contributed by atoms with Crippen LogP contribution < -0.4 is 5.32 Å². The predicted octanol–water partition coefficient (Wildman–Crippen LogP) is 3.04. The standard InChI is InChI=1S/C17H24N2O/c1-12(2)16(8-9-20)18-11-14-10-13(3)19-17-7-5-4-6-15(14)17/h4-7,10,12,16,18,20H,8-9,11H2,1-3H3. The molecule has 2 N–H and O–H groups in total. The topological polar surface area (TPSA) is 45.1 Å². The van der Waals surface area contributed by atoms with Gasteiger partial charge in [0.1, 0.15) is 0 Å². The first-order valence-corrected chi connectivity index (χ1v) is 7.31. The maximum Gasteiger partial charge on any atom is 0.0708 e. The number of fused-ring (bicyclic) bond motifs is 1. The number of aliphatic hydroxyl groups is 1. The minimum absolute atomic E-state index is 0.228. The first-order chi connectivity index (χ1) is 9.61. The lowest BCUT2D eigenvalue weighted by Crippen LogP contribution is -2.34. The van der Waals surface area contributed by atoms with Crippen LogP contribution in [0.15, 0.2) is 30.3 Å². The number of rotatable bonds is 6. The molecule has 108 valence electrons. The quantitative estimate of drug-likeness (QED) is 0.849. The molecule has 3 heteroatoms. The van der Waals surface area contributed by atoms with Gasteiger partial charge in [-0.25, -0.2) is 0 Å². The van der Waals surface area contributed by atoms with E-state index < -0.39 is 0 Å². The summed E-state index contributed by atoms with van der Waals surface area (Å²) < 4.78 is 0. The first kappa shape index (κ1) is 14.9. The smallest absolute Gasteiger partial charge is 0.0708 e. The Balaban J connectivity index is 2.20. The molecule has 0 saturated heterocycles. The van der Waals surface area contributed by atoms with Crippen molar-refractivity contribution in [3.05, 3.63) is 41.6 Å². The van der Waals surface area contributed by atoms with Gasteiger partial charge in [-0.1, -0.05) is 32.0 Å². The third kappa shape index (κ3) is 3.56. The fourth-order valence-electron chi connectivity index (χ4n) is 2.59. The van der Waals surface area contributed by atoms with Gasteiger partial charge < -0.3 is 10.4 Å². The van der Waals surface area contributed by atoms with Gasteiger partial charge in [-0.05, 0) is 37.0 Å². The van der Waals surface area contributed by atoms with Gasteiger partial charge >= 0.3 is 0 Å². The second-order valence-electron chi connectivity index (χ2n) is 5.68. The molecule has 2 rings (SSSR count). The molecule has 1 heterocycles. The summed E-state index contributed by atoms with van der Waals surface area (Å²) in [5, 5.41) is 13.9. The SMILES string of the molecule is Cc1cc(CNC(CCO)C(C)C)c2ccccc2n1. The van der Waals surface area contributed by atoms with Gasteiger partial charge in [0.15, 0.2) is 0 Å².